The average molecular weight is 483 g/mol. The molecular formula is C28H26N4O4. The number of anilines is 2. The Labute approximate surface area is 209 Å². The van der Waals surface area contributed by atoms with E-state index < -0.39 is 11.7 Å². The van der Waals surface area contributed by atoms with Crippen LogP contribution in [0.25, 0.3) is 0 Å². The highest BCUT2D eigenvalue weighted by Gasteiger charge is 2.40. The number of rotatable bonds is 6. The molecule has 0 aromatic heterocycles. The summed E-state index contributed by atoms with van der Waals surface area (Å²) in [6.45, 7) is -0.271. The van der Waals surface area contributed by atoms with Crippen molar-refractivity contribution in [2.24, 2.45) is 5.10 Å². The van der Waals surface area contributed by atoms with Gasteiger partial charge in [0.1, 0.15) is 12.3 Å². The molecule has 8 heteroatoms. The maximum absolute atomic E-state index is 13.6. The van der Waals surface area contributed by atoms with E-state index in [1.165, 1.54) is 9.91 Å². The van der Waals surface area contributed by atoms with Gasteiger partial charge < -0.3 is 9.64 Å². The number of amides is 2. The second kappa shape index (κ2) is 9.30. The summed E-state index contributed by atoms with van der Waals surface area (Å²) in [6.07, 6.45) is 0.517. The van der Waals surface area contributed by atoms with Gasteiger partial charge in [0, 0.05) is 26.2 Å². The molecule has 0 bridgehead atoms. The Bertz CT molecular complexity index is 1360. The lowest BCUT2D eigenvalue weighted by atomic mass is 9.98. The van der Waals surface area contributed by atoms with Crippen LogP contribution in [0.4, 0.5) is 11.4 Å². The summed E-state index contributed by atoms with van der Waals surface area (Å²) in [4.78, 5) is 41.9. The number of Topliss-reactive ketones (excluding diaryl/α,β-unsaturated/α-hetero) is 1. The third-order valence-corrected chi connectivity index (χ3v) is 6.56. The molecule has 182 valence electrons. The molecule has 0 aliphatic carbocycles. The molecule has 2 aliphatic rings. The van der Waals surface area contributed by atoms with Gasteiger partial charge in [-0.15, -0.1) is 0 Å². The first-order valence-electron chi connectivity index (χ1n) is 11.6. The largest absolute Gasteiger partial charge is 0.497 e. The van der Waals surface area contributed by atoms with Gasteiger partial charge in [0.25, 0.3) is 17.6 Å². The van der Waals surface area contributed by atoms with Crippen LogP contribution in [0.15, 0.2) is 77.9 Å². The second-order valence-electron chi connectivity index (χ2n) is 8.96. The van der Waals surface area contributed by atoms with Crippen molar-refractivity contribution in [3.63, 3.8) is 0 Å². The lowest BCUT2D eigenvalue weighted by Crippen LogP contribution is -2.40. The van der Waals surface area contributed by atoms with Crippen molar-refractivity contribution in [2.45, 2.75) is 12.5 Å². The zero-order valence-corrected chi connectivity index (χ0v) is 20.3. The molecule has 0 N–H and O–H groups in total. The first kappa shape index (κ1) is 23.3. The van der Waals surface area contributed by atoms with Crippen molar-refractivity contribution in [1.82, 2.24) is 5.01 Å². The minimum absolute atomic E-state index is 0.271. The molecule has 2 heterocycles. The quantitative estimate of drug-likeness (QED) is 0.501. The SMILES string of the molecule is COc1ccc(C2=NN(C(=O)CN3C(=O)C(=O)c4ccccc43)C(c3ccc(N(C)C)cc3)C2)cc1. The number of ether oxygens (including phenoxy) is 1. The Balaban J connectivity index is 1.47. The Hall–Kier alpha value is -4.46. The molecule has 0 saturated carbocycles. The van der Waals surface area contributed by atoms with Crippen LogP contribution >= 0.6 is 0 Å². The number of hydrogen-bond acceptors (Lipinski definition) is 6. The summed E-state index contributed by atoms with van der Waals surface area (Å²) < 4.78 is 5.26. The van der Waals surface area contributed by atoms with Crippen LogP contribution in [0.1, 0.15) is 33.9 Å². The van der Waals surface area contributed by atoms with Crippen LogP contribution in [0.5, 0.6) is 5.75 Å². The van der Waals surface area contributed by atoms with E-state index in [9.17, 15) is 14.4 Å². The first-order valence-corrected chi connectivity index (χ1v) is 11.6. The molecule has 3 aromatic carbocycles. The molecule has 0 radical (unpaired) electrons. The fraction of sp³-hybridized carbons (Fsp3) is 0.214. The highest BCUT2D eigenvalue weighted by Crippen LogP contribution is 2.35. The number of carbonyl (C=O) groups excluding carboxylic acids is 3. The van der Waals surface area contributed by atoms with E-state index in [2.05, 4.69) is 0 Å². The van der Waals surface area contributed by atoms with E-state index in [0.717, 1.165) is 28.3 Å². The number of methoxy groups -OCH3 is 1. The van der Waals surface area contributed by atoms with Crippen molar-refractivity contribution in [3.05, 3.63) is 89.5 Å². The number of ketones is 1. The minimum atomic E-state index is -0.699. The molecular weight excluding hydrogens is 456 g/mol. The molecule has 36 heavy (non-hydrogen) atoms. The Morgan fingerprint density at radius 3 is 2.36 bits per heavy atom. The van der Waals surface area contributed by atoms with Crippen molar-refractivity contribution in [2.75, 3.05) is 37.5 Å². The molecule has 5 rings (SSSR count). The Morgan fingerprint density at radius 1 is 1.00 bits per heavy atom. The summed E-state index contributed by atoms with van der Waals surface area (Å²) in [5, 5.41) is 6.14. The molecule has 1 atom stereocenters. The third-order valence-electron chi connectivity index (χ3n) is 6.56. The molecule has 0 spiro atoms. The average Bonchev–Trinajstić information content (AvgIpc) is 3.45. The zero-order chi connectivity index (χ0) is 25.4. The zero-order valence-electron chi connectivity index (χ0n) is 20.3. The lowest BCUT2D eigenvalue weighted by molar-refractivity contribution is -0.132. The standard InChI is InChI=1S/C28H26N4O4/c1-30(2)20-12-8-19(9-13-20)25-16-23(18-10-14-21(36-3)15-11-18)29-32(25)26(33)17-31-24-7-5-4-6-22(24)27(34)28(31)35/h4-15,25H,16-17H2,1-3H3. The maximum atomic E-state index is 13.6. The predicted molar refractivity (Wildman–Crippen MR) is 138 cm³/mol. The molecule has 0 fully saturated rings. The molecule has 8 nitrogen and oxygen atoms in total. The van der Waals surface area contributed by atoms with Crippen molar-refractivity contribution >= 4 is 34.7 Å². The molecule has 2 aliphatic heterocycles. The Morgan fingerprint density at radius 2 is 1.69 bits per heavy atom. The third kappa shape index (κ3) is 4.11. The highest BCUT2D eigenvalue weighted by atomic mass is 16.5. The fourth-order valence-electron chi connectivity index (χ4n) is 4.57. The van der Waals surface area contributed by atoms with Gasteiger partial charge in [0.15, 0.2) is 0 Å². The summed E-state index contributed by atoms with van der Waals surface area (Å²) >= 11 is 0. The minimum Gasteiger partial charge on any atom is -0.497 e. The van der Waals surface area contributed by atoms with Crippen molar-refractivity contribution in [1.29, 1.82) is 0 Å². The van der Waals surface area contributed by atoms with Crippen LogP contribution < -0.4 is 14.5 Å². The van der Waals surface area contributed by atoms with Gasteiger partial charge in [0.05, 0.1) is 30.1 Å². The van der Waals surface area contributed by atoms with Crippen LogP contribution in [-0.2, 0) is 9.59 Å². The van der Waals surface area contributed by atoms with E-state index in [4.69, 9.17) is 9.84 Å². The van der Waals surface area contributed by atoms with Crippen LogP contribution in [0, 0.1) is 0 Å². The van der Waals surface area contributed by atoms with E-state index in [0.29, 0.717) is 17.7 Å². The lowest BCUT2D eigenvalue weighted by Gasteiger charge is -2.25. The number of hydrazone groups is 1. The number of fused-ring (bicyclic) bond motifs is 1. The van der Waals surface area contributed by atoms with Gasteiger partial charge in [-0.3, -0.25) is 19.3 Å². The van der Waals surface area contributed by atoms with E-state index in [1.807, 2.05) is 67.5 Å². The van der Waals surface area contributed by atoms with Crippen LogP contribution in [-0.4, -0.2) is 56.1 Å². The van der Waals surface area contributed by atoms with Crippen molar-refractivity contribution < 1.29 is 19.1 Å². The van der Waals surface area contributed by atoms with Gasteiger partial charge in [-0.1, -0.05) is 24.3 Å². The maximum Gasteiger partial charge on any atom is 0.299 e. The number of carbonyl (C=O) groups is 3. The van der Waals surface area contributed by atoms with E-state index in [-0.39, 0.29) is 18.5 Å². The normalized spacial score (nSPS) is 16.8. The monoisotopic (exact) mass is 482 g/mol. The molecule has 2 amide bonds. The number of nitrogens with zero attached hydrogens (tertiary/aromatic N) is 4. The summed E-state index contributed by atoms with van der Waals surface area (Å²) in [7, 11) is 5.55. The van der Waals surface area contributed by atoms with Gasteiger partial charge >= 0.3 is 0 Å². The predicted octanol–water partition coefficient (Wildman–Crippen LogP) is 3.67. The molecule has 0 saturated heterocycles. The summed E-state index contributed by atoms with van der Waals surface area (Å²) in [5.41, 5.74) is 4.39. The van der Waals surface area contributed by atoms with Gasteiger partial charge in [-0.2, -0.15) is 5.10 Å². The number of benzene rings is 3. The van der Waals surface area contributed by atoms with Crippen molar-refractivity contribution in [3.8, 4) is 5.75 Å². The first-order chi connectivity index (χ1) is 17.4. The number of hydrogen-bond donors (Lipinski definition) is 0. The molecule has 1 unspecified atom stereocenters. The second-order valence-corrected chi connectivity index (χ2v) is 8.96. The Kier molecular flexibility index (Phi) is 6.01. The van der Waals surface area contributed by atoms with Crippen LogP contribution in [0.2, 0.25) is 0 Å². The summed E-state index contributed by atoms with van der Waals surface area (Å²) in [5.74, 6) is -0.928. The molecule has 3 aromatic rings. The van der Waals surface area contributed by atoms with Gasteiger partial charge in [0.2, 0.25) is 0 Å². The van der Waals surface area contributed by atoms with Gasteiger partial charge in [-0.25, -0.2) is 5.01 Å². The highest BCUT2D eigenvalue weighted by molar-refractivity contribution is 6.52. The van der Waals surface area contributed by atoms with E-state index >= 15 is 0 Å². The topological polar surface area (TPSA) is 82.5 Å². The van der Waals surface area contributed by atoms with Gasteiger partial charge in [-0.05, 0) is 59.7 Å². The fourth-order valence-corrected chi connectivity index (χ4v) is 4.57. The smallest absolute Gasteiger partial charge is 0.299 e. The van der Waals surface area contributed by atoms with E-state index in [1.54, 1.807) is 31.4 Å². The summed E-state index contributed by atoms with van der Waals surface area (Å²) in [6, 6.07) is 21.9. The number of para-hydroxylation sites is 1. The van der Waals surface area contributed by atoms with Crippen LogP contribution in [0.3, 0.4) is 0 Å².